The van der Waals surface area contributed by atoms with Gasteiger partial charge in [-0.05, 0) is 82.9 Å². The van der Waals surface area contributed by atoms with Crippen molar-refractivity contribution in [2.24, 2.45) is 5.92 Å². The van der Waals surface area contributed by atoms with Gasteiger partial charge in [-0.3, -0.25) is 4.79 Å². The lowest BCUT2D eigenvalue weighted by molar-refractivity contribution is 0.0487. The standard InChI is InChI=1S/C25H31F2N3O4S/c1-25(2,3)34-24(32)30-17-7-5-15(6-8-17)13-28-22(31)19-11-16(26)14-29-23(19)33-18-9-10-20(27)21(12-18)35-4/h9-12,14-15,17H,5-8,13H2,1-4H3,(H,28,31)(H,30,32). The molecule has 1 fully saturated rings. The molecule has 0 spiro atoms. The van der Waals surface area contributed by atoms with Crippen LogP contribution in [0.5, 0.6) is 11.6 Å². The Kier molecular flexibility index (Phi) is 8.93. The van der Waals surface area contributed by atoms with Crippen LogP contribution >= 0.6 is 11.8 Å². The normalized spacial score (nSPS) is 18.0. The Balaban J connectivity index is 1.55. The van der Waals surface area contributed by atoms with Crippen LogP contribution < -0.4 is 15.4 Å². The van der Waals surface area contributed by atoms with Gasteiger partial charge in [0.05, 0.1) is 6.20 Å². The first-order chi connectivity index (χ1) is 16.5. The number of nitrogens with one attached hydrogen (secondary N) is 2. The molecule has 0 unspecified atom stereocenters. The van der Waals surface area contributed by atoms with Gasteiger partial charge in [0.2, 0.25) is 5.88 Å². The van der Waals surface area contributed by atoms with Crippen molar-refractivity contribution in [1.29, 1.82) is 0 Å². The van der Waals surface area contributed by atoms with E-state index >= 15 is 0 Å². The summed E-state index contributed by atoms with van der Waals surface area (Å²) in [6.07, 6.45) is 5.46. The Morgan fingerprint density at radius 1 is 1.14 bits per heavy atom. The average molecular weight is 508 g/mol. The van der Waals surface area contributed by atoms with E-state index in [1.807, 2.05) is 20.8 Å². The summed E-state index contributed by atoms with van der Waals surface area (Å²) < 4.78 is 38.6. The summed E-state index contributed by atoms with van der Waals surface area (Å²) in [6.45, 7) is 5.86. The highest BCUT2D eigenvalue weighted by Crippen LogP contribution is 2.29. The van der Waals surface area contributed by atoms with Crippen LogP contribution in [0, 0.1) is 17.6 Å². The monoisotopic (exact) mass is 507 g/mol. The van der Waals surface area contributed by atoms with Gasteiger partial charge in [-0.2, -0.15) is 0 Å². The number of ether oxygens (including phenoxy) is 2. The largest absolute Gasteiger partial charge is 0.444 e. The molecule has 0 radical (unpaired) electrons. The molecule has 1 aromatic heterocycles. The number of pyridine rings is 1. The maximum atomic E-state index is 13.9. The third kappa shape index (κ3) is 8.09. The van der Waals surface area contributed by atoms with E-state index < -0.39 is 23.4 Å². The molecular weight excluding hydrogens is 476 g/mol. The van der Waals surface area contributed by atoms with Crippen LogP contribution in [0.3, 0.4) is 0 Å². The summed E-state index contributed by atoms with van der Waals surface area (Å²) in [5.41, 5.74) is -0.589. The van der Waals surface area contributed by atoms with Crippen LogP contribution in [0.4, 0.5) is 13.6 Å². The van der Waals surface area contributed by atoms with Gasteiger partial charge in [0.1, 0.15) is 28.5 Å². The summed E-state index contributed by atoms with van der Waals surface area (Å²) in [4.78, 5) is 29.1. The Morgan fingerprint density at radius 2 is 1.86 bits per heavy atom. The molecule has 1 saturated carbocycles. The fourth-order valence-corrected chi connectivity index (χ4v) is 4.30. The molecule has 1 heterocycles. The summed E-state index contributed by atoms with van der Waals surface area (Å²) in [6, 6.07) is 5.28. The van der Waals surface area contributed by atoms with Crippen molar-refractivity contribution >= 4 is 23.8 Å². The van der Waals surface area contributed by atoms with E-state index in [0.717, 1.165) is 37.9 Å². The average Bonchev–Trinajstić information content (AvgIpc) is 2.79. The van der Waals surface area contributed by atoms with Gasteiger partial charge < -0.3 is 20.1 Å². The smallest absolute Gasteiger partial charge is 0.407 e. The molecule has 1 aliphatic rings. The lowest BCUT2D eigenvalue weighted by Gasteiger charge is -2.30. The van der Waals surface area contributed by atoms with Crippen molar-refractivity contribution in [2.75, 3.05) is 12.8 Å². The maximum absolute atomic E-state index is 13.9. The lowest BCUT2D eigenvalue weighted by Crippen LogP contribution is -2.42. The molecule has 190 valence electrons. The quantitative estimate of drug-likeness (QED) is 0.468. The van der Waals surface area contributed by atoms with Crippen molar-refractivity contribution in [3.05, 3.63) is 47.7 Å². The fraction of sp³-hybridized carbons (Fsp3) is 0.480. The van der Waals surface area contributed by atoms with Gasteiger partial charge in [0.15, 0.2) is 0 Å². The van der Waals surface area contributed by atoms with Crippen LogP contribution in [0.2, 0.25) is 0 Å². The van der Waals surface area contributed by atoms with E-state index in [-0.39, 0.29) is 29.2 Å². The number of hydrogen-bond acceptors (Lipinski definition) is 6. The molecule has 2 amide bonds. The molecule has 1 aliphatic carbocycles. The van der Waals surface area contributed by atoms with E-state index in [1.54, 1.807) is 6.26 Å². The molecule has 2 N–H and O–H groups in total. The molecule has 0 atom stereocenters. The first kappa shape index (κ1) is 26.7. The highest BCUT2D eigenvalue weighted by Gasteiger charge is 2.26. The Morgan fingerprint density at radius 3 is 2.51 bits per heavy atom. The van der Waals surface area contributed by atoms with E-state index in [9.17, 15) is 18.4 Å². The van der Waals surface area contributed by atoms with Crippen molar-refractivity contribution in [2.45, 2.75) is 63.0 Å². The number of carbonyl (C=O) groups excluding carboxylic acids is 2. The van der Waals surface area contributed by atoms with Crippen molar-refractivity contribution in [3.63, 3.8) is 0 Å². The number of alkyl carbamates (subject to hydrolysis) is 1. The molecule has 35 heavy (non-hydrogen) atoms. The first-order valence-corrected chi connectivity index (χ1v) is 12.7. The topological polar surface area (TPSA) is 89.5 Å². The number of nitrogens with zero attached hydrogens (tertiary/aromatic N) is 1. The molecule has 10 heteroatoms. The lowest BCUT2D eigenvalue weighted by atomic mass is 9.86. The number of benzene rings is 1. The van der Waals surface area contributed by atoms with Crippen molar-refractivity contribution < 1.29 is 27.8 Å². The number of amides is 2. The zero-order chi connectivity index (χ0) is 25.6. The molecule has 7 nitrogen and oxygen atoms in total. The number of hydrogen-bond donors (Lipinski definition) is 2. The Hall–Kier alpha value is -2.88. The van der Waals surface area contributed by atoms with E-state index in [0.29, 0.717) is 17.2 Å². The second kappa shape index (κ2) is 11.7. The second-order valence-corrected chi connectivity index (χ2v) is 10.3. The predicted molar refractivity (Wildman–Crippen MR) is 130 cm³/mol. The molecule has 0 saturated heterocycles. The second-order valence-electron chi connectivity index (χ2n) is 9.48. The summed E-state index contributed by atoms with van der Waals surface area (Å²) >= 11 is 1.22. The summed E-state index contributed by atoms with van der Waals surface area (Å²) in [5, 5.41) is 5.73. The van der Waals surface area contributed by atoms with Gasteiger partial charge >= 0.3 is 6.09 Å². The summed E-state index contributed by atoms with van der Waals surface area (Å²) in [7, 11) is 0. The van der Waals surface area contributed by atoms with Crippen LogP contribution in [0.1, 0.15) is 56.8 Å². The van der Waals surface area contributed by atoms with Crippen LogP contribution in [0.25, 0.3) is 0 Å². The SMILES string of the molecule is CSc1cc(Oc2ncc(F)cc2C(=O)NCC2CCC(NC(=O)OC(C)(C)C)CC2)ccc1F. The molecule has 2 aromatic rings. The Bertz CT molecular complexity index is 1050. The number of aromatic nitrogens is 1. The highest BCUT2D eigenvalue weighted by atomic mass is 32.2. The van der Waals surface area contributed by atoms with Gasteiger partial charge in [0, 0.05) is 17.5 Å². The zero-order valence-electron chi connectivity index (χ0n) is 20.3. The zero-order valence-corrected chi connectivity index (χ0v) is 21.1. The number of thioether (sulfide) groups is 1. The van der Waals surface area contributed by atoms with E-state index in [4.69, 9.17) is 9.47 Å². The van der Waals surface area contributed by atoms with Gasteiger partial charge in [-0.25, -0.2) is 18.6 Å². The molecule has 0 aliphatic heterocycles. The van der Waals surface area contributed by atoms with Gasteiger partial charge in [-0.15, -0.1) is 11.8 Å². The minimum Gasteiger partial charge on any atom is -0.444 e. The first-order valence-electron chi connectivity index (χ1n) is 11.5. The van der Waals surface area contributed by atoms with Crippen LogP contribution in [0.15, 0.2) is 35.4 Å². The predicted octanol–water partition coefficient (Wildman–Crippen LogP) is 5.69. The Labute approximate surface area is 208 Å². The van der Waals surface area contributed by atoms with Gasteiger partial charge in [-0.1, -0.05) is 0 Å². The third-order valence-electron chi connectivity index (χ3n) is 5.52. The highest BCUT2D eigenvalue weighted by molar-refractivity contribution is 7.98. The maximum Gasteiger partial charge on any atom is 0.407 e. The van der Waals surface area contributed by atoms with E-state index in [1.165, 1.54) is 30.0 Å². The third-order valence-corrected chi connectivity index (χ3v) is 6.27. The fourth-order valence-electron chi connectivity index (χ4n) is 3.80. The number of halogens is 2. The minimum absolute atomic E-state index is 0.0334. The van der Waals surface area contributed by atoms with Crippen molar-refractivity contribution in [3.8, 4) is 11.6 Å². The van der Waals surface area contributed by atoms with Crippen LogP contribution in [-0.2, 0) is 4.74 Å². The molecule has 1 aromatic carbocycles. The summed E-state index contributed by atoms with van der Waals surface area (Å²) in [5.74, 6) is -1.10. The number of rotatable bonds is 7. The molecule has 3 rings (SSSR count). The molecule has 0 bridgehead atoms. The molecular formula is C25H31F2N3O4S. The van der Waals surface area contributed by atoms with Gasteiger partial charge in [0.25, 0.3) is 5.91 Å². The number of carbonyl (C=O) groups is 2. The minimum atomic E-state index is -0.667. The van der Waals surface area contributed by atoms with E-state index in [2.05, 4.69) is 15.6 Å². The van der Waals surface area contributed by atoms with Crippen molar-refractivity contribution in [1.82, 2.24) is 15.6 Å². The van der Waals surface area contributed by atoms with Crippen LogP contribution in [-0.4, -0.2) is 41.4 Å².